The number of esters is 1. The fourth-order valence-electron chi connectivity index (χ4n) is 0.900. The molecule has 0 aromatic carbocycles. The van der Waals surface area contributed by atoms with E-state index in [1.165, 1.54) is 12.2 Å². The number of hydrogen-bond acceptors (Lipinski definition) is 6. The Balaban J connectivity index is 4.29. The molecule has 6 heteroatoms. The zero-order valence-electron chi connectivity index (χ0n) is 10.2. The molecule has 1 unspecified atom stereocenters. The molecule has 94 valence electrons. The third-order valence-corrected chi connectivity index (χ3v) is 1.84. The van der Waals surface area contributed by atoms with E-state index in [4.69, 9.17) is 4.74 Å². The SMILES string of the molecule is CC(C)(C)C(=O)OC(CCCN=C=O)N=C=O. The van der Waals surface area contributed by atoms with Gasteiger partial charge >= 0.3 is 5.97 Å². The van der Waals surface area contributed by atoms with Gasteiger partial charge in [0.15, 0.2) is 0 Å². The van der Waals surface area contributed by atoms with Crippen molar-refractivity contribution in [3.63, 3.8) is 0 Å². The molecule has 0 fully saturated rings. The normalized spacial score (nSPS) is 11.9. The van der Waals surface area contributed by atoms with Crippen LogP contribution in [0.3, 0.4) is 0 Å². The van der Waals surface area contributed by atoms with Crippen LogP contribution in [-0.2, 0) is 19.1 Å². The molecule has 0 aromatic rings. The number of carbonyl (C=O) groups is 1. The van der Waals surface area contributed by atoms with Crippen LogP contribution in [0.2, 0.25) is 0 Å². The molecular formula is C11H16N2O4. The third-order valence-electron chi connectivity index (χ3n) is 1.84. The van der Waals surface area contributed by atoms with Crippen LogP contribution in [0.4, 0.5) is 0 Å². The number of ether oxygens (including phenoxy) is 1. The van der Waals surface area contributed by atoms with Gasteiger partial charge in [0.05, 0.1) is 12.0 Å². The van der Waals surface area contributed by atoms with Gasteiger partial charge in [-0.15, -0.1) is 0 Å². The summed E-state index contributed by atoms with van der Waals surface area (Å²) in [5, 5.41) is 0. The first kappa shape index (κ1) is 15.2. The lowest BCUT2D eigenvalue weighted by molar-refractivity contribution is -0.158. The van der Waals surface area contributed by atoms with E-state index in [1.54, 1.807) is 20.8 Å². The van der Waals surface area contributed by atoms with Crippen molar-refractivity contribution in [2.45, 2.75) is 39.8 Å². The Morgan fingerprint density at radius 2 is 1.94 bits per heavy atom. The number of nitrogens with zero attached hydrogens (tertiary/aromatic N) is 2. The number of isocyanates is 2. The number of aliphatic imine (C=N–C) groups is 2. The molecule has 0 aliphatic rings. The van der Waals surface area contributed by atoms with Crippen LogP contribution in [0.1, 0.15) is 33.6 Å². The summed E-state index contributed by atoms with van der Waals surface area (Å²) in [5.74, 6) is -0.444. The second-order valence-electron chi connectivity index (χ2n) is 4.45. The minimum Gasteiger partial charge on any atom is -0.439 e. The van der Waals surface area contributed by atoms with E-state index in [1.807, 2.05) is 0 Å². The number of carbonyl (C=O) groups excluding carboxylic acids is 3. The molecule has 0 spiro atoms. The van der Waals surface area contributed by atoms with E-state index in [2.05, 4.69) is 9.98 Å². The van der Waals surface area contributed by atoms with Crippen LogP contribution in [-0.4, -0.2) is 30.9 Å². The molecule has 0 aromatic heterocycles. The summed E-state index contributed by atoms with van der Waals surface area (Å²) in [4.78, 5) is 38.3. The van der Waals surface area contributed by atoms with Crippen molar-refractivity contribution in [3.05, 3.63) is 0 Å². The molecule has 0 radical (unpaired) electrons. The average Bonchev–Trinajstić information content (AvgIpc) is 2.23. The highest BCUT2D eigenvalue weighted by Gasteiger charge is 2.26. The predicted octanol–water partition coefficient (Wildman–Crippen LogP) is 1.35. The highest BCUT2D eigenvalue weighted by molar-refractivity contribution is 5.75. The summed E-state index contributed by atoms with van der Waals surface area (Å²) in [6, 6.07) is 0. The van der Waals surface area contributed by atoms with Gasteiger partial charge in [-0.3, -0.25) is 4.79 Å². The van der Waals surface area contributed by atoms with Gasteiger partial charge in [0.2, 0.25) is 18.4 Å². The van der Waals surface area contributed by atoms with Crippen molar-refractivity contribution in [2.75, 3.05) is 6.54 Å². The zero-order valence-corrected chi connectivity index (χ0v) is 10.2. The second kappa shape index (κ2) is 7.49. The average molecular weight is 240 g/mol. The fourth-order valence-corrected chi connectivity index (χ4v) is 0.900. The van der Waals surface area contributed by atoms with Gasteiger partial charge in [-0.05, 0) is 27.2 Å². The first-order valence-corrected chi connectivity index (χ1v) is 5.23. The molecular weight excluding hydrogens is 224 g/mol. The molecule has 17 heavy (non-hydrogen) atoms. The standard InChI is InChI=1S/C11H16N2O4/c1-11(2,3)10(16)17-9(13-8-15)5-4-6-12-7-14/h9H,4-6H2,1-3H3. The van der Waals surface area contributed by atoms with Gasteiger partial charge in [-0.1, -0.05) is 0 Å². The monoisotopic (exact) mass is 240 g/mol. The van der Waals surface area contributed by atoms with Crippen molar-refractivity contribution < 1.29 is 19.1 Å². The molecule has 6 nitrogen and oxygen atoms in total. The van der Waals surface area contributed by atoms with Crippen LogP contribution >= 0.6 is 0 Å². The summed E-state index contributed by atoms with van der Waals surface area (Å²) in [5.41, 5.74) is -0.655. The van der Waals surface area contributed by atoms with Gasteiger partial charge in [0, 0.05) is 6.42 Å². The Bertz CT molecular complexity index is 347. The van der Waals surface area contributed by atoms with Crippen molar-refractivity contribution in [1.82, 2.24) is 0 Å². The van der Waals surface area contributed by atoms with E-state index >= 15 is 0 Å². The van der Waals surface area contributed by atoms with Crippen molar-refractivity contribution >= 4 is 18.1 Å². The fraction of sp³-hybridized carbons (Fsp3) is 0.727. The minimum absolute atomic E-state index is 0.265. The lowest BCUT2D eigenvalue weighted by Gasteiger charge is -2.19. The van der Waals surface area contributed by atoms with E-state index in [9.17, 15) is 14.4 Å². The van der Waals surface area contributed by atoms with Crippen LogP contribution < -0.4 is 0 Å². The van der Waals surface area contributed by atoms with E-state index in [0.717, 1.165) is 0 Å². The Kier molecular flexibility index (Phi) is 6.71. The van der Waals surface area contributed by atoms with Crippen LogP contribution in [0.15, 0.2) is 9.98 Å². The van der Waals surface area contributed by atoms with Crippen LogP contribution in [0.25, 0.3) is 0 Å². The molecule has 0 bridgehead atoms. The van der Waals surface area contributed by atoms with Gasteiger partial charge in [-0.25, -0.2) is 14.6 Å². The lowest BCUT2D eigenvalue weighted by atomic mass is 9.97. The summed E-state index contributed by atoms with van der Waals surface area (Å²) >= 11 is 0. The maximum Gasteiger partial charge on any atom is 0.313 e. The third kappa shape index (κ3) is 7.17. The molecule has 0 saturated carbocycles. The second-order valence-corrected chi connectivity index (χ2v) is 4.45. The Morgan fingerprint density at radius 3 is 2.41 bits per heavy atom. The van der Waals surface area contributed by atoms with Crippen molar-refractivity contribution in [1.29, 1.82) is 0 Å². The Morgan fingerprint density at radius 1 is 1.29 bits per heavy atom. The van der Waals surface area contributed by atoms with Crippen molar-refractivity contribution in [2.24, 2.45) is 15.4 Å². The topological polar surface area (TPSA) is 85.2 Å². The quantitative estimate of drug-likeness (QED) is 0.303. The number of hydrogen-bond donors (Lipinski definition) is 0. The smallest absolute Gasteiger partial charge is 0.313 e. The van der Waals surface area contributed by atoms with Gasteiger partial charge < -0.3 is 4.74 Å². The minimum atomic E-state index is -0.860. The molecule has 0 rings (SSSR count). The largest absolute Gasteiger partial charge is 0.439 e. The zero-order chi connectivity index (χ0) is 13.3. The molecule has 0 amide bonds. The van der Waals surface area contributed by atoms with Gasteiger partial charge in [-0.2, -0.15) is 4.99 Å². The van der Waals surface area contributed by atoms with Gasteiger partial charge in [0.1, 0.15) is 0 Å². The maximum atomic E-state index is 11.5. The highest BCUT2D eigenvalue weighted by atomic mass is 16.6. The molecule has 0 heterocycles. The van der Waals surface area contributed by atoms with Gasteiger partial charge in [0.25, 0.3) is 0 Å². The Labute approximate surface area is 99.8 Å². The highest BCUT2D eigenvalue weighted by Crippen LogP contribution is 2.18. The van der Waals surface area contributed by atoms with E-state index in [0.29, 0.717) is 12.8 Å². The van der Waals surface area contributed by atoms with E-state index < -0.39 is 17.6 Å². The first-order chi connectivity index (χ1) is 7.91. The molecule has 0 aliphatic carbocycles. The Hall–Kier alpha value is -1.77. The molecule has 1 atom stereocenters. The van der Waals surface area contributed by atoms with Crippen LogP contribution in [0, 0.1) is 5.41 Å². The lowest BCUT2D eigenvalue weighted by Crippen LogP contribution is -2.27. The summed E-state index contributed by atoms with van der Waals surface area (Å²) in [7, 11) is 0. The molecule has 0 aliphatic heterocycles. The molecule has 0 N–H and O–H groups in total. The van der Waals surface area contributed by atoms with Crippen LogP contribution in [0.5, 0.6) is 0 Å². The maximum absolute atomic E-state index is 11.5. The number of rotatable bonds is 6. The van der Waals surface area contributed by atoms with E-state index in [-0.39, 0.29) is 6.54 Å². The summed E-state index contributed by atoms with van der Waals surface area (Å²) in [6.07, 6.45) is 2.69. The summed E-state index contributed by atoms with van der Waals surface area (Å²) < 4.78 is 5.03. The first-order valence-electron chi connectivity index (χ1n) is 5.23. The van der Waals surface area contributed by atoms with Crippen molar-refractivity contribution in [3.8, 4) is 0 Å². The predicted molar refractivity (Wildman–Crippen MR) is 59.7 cm³/mol. The summed E-state index contributed by atoms with van der Waals surface area (Å²) in [6.45, 7) is 5.37. The molecule has 0 saturated heterocycles.